The fourth-order valence-corrected chi connectivity index (χ4v) is 4.41. The summed E-state index contributed by atoms with van der Waals surface area (Å²) >= 11 is 0. The summed E-state index contributed by atoms with van der Waals surface area (Å²) in [4.78, 5) is 0. The van der Waals surface area contributed by atoms with E-state index in [2.05, 4.69) is 5.32 Å². The summed E-state index contributed by atoms with van der Waals surface area (Å²) in [5.41, 5.74) is 3.48. The number of aromatic hydroxyl groups is 1. The first-order chi connectivity index (χ1) is 16.8. The minimum atomic E-state index is -4.50. The first-order valence-electron chi connectivity index (χ1n) is 11.3. The van der Waals surface area contributed by atoms with Crippen LogP contribution in [0.5, 0.6) is 11.5 Å². The SMILES string of the molecule is CNc1ccccc1COc1ccc(CCC(CC=CC(O)c2ccc(O)cc2)S(=O)(=O)[O-])cc1.[Na+]. The molecule has 0 aliphatic heterocycles. The molecule has 0 bridgehead atoms. The van der Waals surface area contributed by atoms with E-state index in [0.29, 0.717) is 24.3 Å². The summed E-state index contributed by atoms with van der Waals surface area (Å²) < 4.78 is 41.1. The molecule has 0 aromatic heterocycles. The van der Waals surface area contributed by atoms with Crippen LogP contribution in [-0.4, -0.2) is 35.5 Å². The molecule has 3 N–H and O–H groups in total. The molecule has 3 aromatic rings. The van der Waals surface area contributed by atoms with Gasteiger partial charge in [-0.3, -0.25) is 0 Å². The van der Waals surface area contributed by atoms with Crippen LogP contribution >= 0.6 is 0 Å². The molecule has 0 amide bonds. The molecule has 9 heteroatoms. The Morgan fingerprint density at radius 3 is 2.33 bits per heavy atom. The molecule has 3 rings (SSSR count). The number of allylic oxidation sites excluding steroid dienone is 1. The van der Waals surface area contributed by atoms with Gasteiger partial charge in [-0.2, -0.15) is 0 Å². The Kier molecular flexibility index (Phi) is 12.0. The van der Waals surface area contributed by atoms with Gasteiger partial charge in [0.05, 0.1) is 21.5 Å². The Labute approximate surface area is 234 Å². The van der Waals surface area contributed by atoms with E-state index in [1.807, 2.05) is 55.6 Å². The number of anilines is 1. The number of benzene rings is 3. The molecule has 0 aliphatic rings. The molecular formula is C27H30NNaO6S. The van der Waals surface area contributed by atoms with Gasteiger partial charge in [-0.1, -0.05) is 54.6 Å². The number of aliphatic hydroxyl groups excluding tert-OH is 1. The molecule has 0 saturated heterocycles. The fourth-order valence-electron chi connectivity index (χ4n) is 3.65. The second-order valence-corrected chi connectivity index (χ2v) is 9.85. The predicted molar refractivity (Wildman–Crippen MR) is 135 cm³/mol. The number of rotatable bonds is 12. The smallest absolute Gasteiger partial charge is 0.748 e. The van der Waals surface area contributed by atoms with Crippen molar-refractivity contribution in [2.45, 2.75) is 37.2 Å². The fraction of sp³-hybridized carbons (Fsp3) is 0.259. The van der Waals surface area contributed by atoms with E-state index in [4.69, 9.17) is 4.74 Å². The van der Waals surface area contributed by atoms with Gasteiger partial charge in [-0.25, -0.2) is 8.42 Å². The second kappa shape index (κ2) is 14.4. The van der Waals surface area contributed by atoms with Gasteiger partial charge in [0.15, 0.2) is 0 Å². The predicted octanol–water partition coefficient (Wildman–Crippen LogP) is 1.54. The topological polar surface area (TPSA) is 119 Å². The van der Waals surface area contributed by atoms with Gasteiger partial charge in [0, 0.05) is 18.3 Å². The molecule has 0 aliphatic carbocycles. The van der Waals surface area contributed by atoms with E-state index in [-0.39, 0.29) is 48.1 Å². The van der Waals surface area contributed by atoms with E-state index in [1.165, 1.54) is 24.3 Å². The van der Waals surface area contributed by atoms with Gasteiger partial charge in [-0.05, 0) is 60.7 Å². The molecule has 0 spiro atoms. The molecule has 3 aromatic carbocycles. The summed E-state index contributed by atoms with van der Waals surface area (Å²) in [6.07, 6.45) is 2.59. The molecular weight excluding hydrogens is 489 g/mol. The largest absolute Gasteiger partial charge is 1.00 e. The number of hydrogen-bond donors (Lipinski definition) is 3. The normalized spacial score (nSPS) is 13.1. The Morgan fingerprint density at radius 1 is 1.03 bits per heavy atom. The summed E-state index contributed by atoms with van der Waals surface area (Å²) in [5.74, 6) is 0.778. The summed E-state index contributed by atoms with van der Waals surface area (Å²) in [5, 5.41) is 21.6. The number of para-hydroxylation sites is 1. The maximum atomic E-state index is 11.8. The van der Waals surface area contributed by atoms with E-state index in [9.17, 15) is 23.2 Å². The van der Waals surface area contributed by atoms with Crippen LogP contribution in [0.4, 0.5) is 5.69 Å². The van der Waals surface area contributed by atoms with E-state index >= 15 is 0 Å². The van der Waals surface area contributed by atoms with Gasteiger partial charge in [0.1, 0.15) is 18.1 Å². The molecule has 0 saturated carbocycles. The van der Waals surface area contributed by atoms with Crippen molar-refractivity contribution >= 4 is 15.8 Å². The van der Waals surface area contributed by atoms with Crippen molar-refractivity contribution in [3.63, 3.8) is 0 Å². The molecule has 36 heavy (non-hydrogen) atoms. The minimum Gasteiger partial charge on any atom is -0.748 e. The van der Waals surface area contributed by atoms with Crippen molar-refractivity contribution in [1.82, 2.24) is 0 Å². The van der Waals surface area contributed by atoms with Crippen LogP contribution in [-0.2, 0) is 23.1 Å². The van der Waals surface area contributed by atoms with Crippen LogP contribution in [0.2, 0.25) is 0 Å². The monoisotopic (exact) mass is 519 g/mol. The molecule has 2 unspecified atom stereocenters. The zero-order chi connectivity index (χ0) is 25.3. The Hall–Kier alpha value is -2.33. The van der Waals surface area contributed by atoms with Crippen molar-refractivity contribution in [2.24, 2.45) is 0 Å². The maximum Gasteiger partial charge on any atom is 1.00 e. The first kappa shape index (κ1) is 29.9. The number of phenols is 1. The summed E-state index contributed by atoms with van der Waals surface area (Å²) in [6, 6.07) is 21.3. The molecule has 0 radical (unpaired) electrons. The molecule has 186 valence electrons. The third kappa shape index (κ3) is 9.28. The average molecular weight is 520 g/mol. The Bertz CT molecular complexity index is 1210. The number of aryl methyl sites for hydroxylation is 1. The zero-order valence-corrected chi connectivity index (χ0v) is 23.3. The number of phenolic OH excluding ortho intramolecular Hbond substituents is 1. The minimum absolute atomic E-state index is 0. The maximum absolute atomic E-state index is 11.8. The molecule has 2 atom stereocenters. The van der Waals surface area contributed by atoms with Crippen molar-refractivity contribution in [1.29, 1.82) is 0 Å². The van der Waals surface area contributed by atoms with Crippen LogP contribution in [0.3, 0.4) is 0 Å². The zero-order valence-electron chi connectivity index (χ0n) is 20.5. The van der Waals surface area contributed by atoms with Crippen LogP contribution in [0.25, 0.3) is 0 Å². The van der Waals surface area contributed by atoms with Gasteiger partial charge >= 0.3 is 29.6 Å². The number of hydrogen-bond acceptors (Lipinski definition) is 7. The van der Waals surface area contributed by atoms with E-state index < -0.39 is 21.5 Å². The third-order valence-corrected chi connectivity index (χ3v) is 6.96. The number of nitrogens with one attached hydrogen (secondary N) is 1. The number of aliphatic hydroxyl groups is 1. The number of ether oxygens (including phenoxy) is 1. The van der Waals surface area contributed by atoms with Crippen LogP contribution in [0.1, 0.15) is 35.6 Å². The Morgan fingerprint density at radius 2 is 1.69 bits per heavy atom. The van der Waals surface area contributed by atoms with E-state index in [0.717, 1.165) is 16.8 Å². The molecule has 0 heterocycles. The third-order valence-electron chi connectivity index (χ3n) is 5.72. The van der Waals surface area contributed by atoms with Crippen molar-refractivity contribution < 1.29 is 57.5 Å². The van der Waals surface area contributed by atoms with Crippen molar-refractivity contribution in [2.75, 3.05) is 12.4 Å². The van der Waals surface area contributed by atoms with E-state index in [1.54, 1.807) is 12.1 Å². The summed E-state index contributed by atoms with van der Waals surface area (Å²) in [6.45, 7) is 0.412. The van der Waals surface area contributed by atoms with Crippen molar-refractivity contribution in [3.05, 3.63) is 102 Å². The van der Waals surface area contributed by atoms with Crippen LogP contribution in [0.15, 0.2) is 84.9 Å². The molecule has 0 fully saturated rings. The Balaban J connectivity index is 0.00000456. The summed E-state index contributed by atoms with van der Waals surface area (Å²) in [7, 11) is -2.65. The van der Waals surface area contributed by atoms with Gasteiger partial charge in [0.25, 0.3) is 0 Å². The van der Waals surface area contributed by atoms with Gasteiger partial charge < -0.3 is 24.8 Å². The quantitative estimate of drug-likeness (QED) is 0.189. The van der Waals surface area contributed by atoms with Crippen LogP contribution < -0.4 is 39.6 Å². The molecule has 7 nitrogen and oxygen atoms in total. The van der Waals surface area contributed by atoms with Gasteiger partial charge in [-0.15, -0.1) is 0 Å². The average Bonchev–Trinajstić information content (AvgIpc) is 2.85. The van der Waals surface area contributed by atoms with Crippen molar-refractivity contribution in [3.8, 4) is 11.5 Å². The first-order valence-corrected chi connectivity index (χ1v) is 12.8. The van der Waals surface area contributed by atoms with Gasteiger partial charge in [0.2, 0.25) is 0 Å². The van der Waals surface area contributed by atoms with Crippen LogP contribution in [0, 0.1) is 0 Å². The second-order valence-electron chi connectivity index (χ2n) is 8.19. The standard InChI is InChI=1S/C27H31NO6S.Na/c1-28-26-7-3-2-5-22(26)19-34-24-16-9-20(10-17-24)11-18-25(35(31,32)33)6-4-8-27(30)21-12-14-23(29)15-13-21;/h2-5,7-10,12-17,25,27-30H,6,11,18-19H2,1H3,(H,31,32,33);/q;+1/p-1.